The van der Waals surface area contributed by atoms with Gasteiger partial charge in [-0.3, -0.25) is 0 Å². The fraction of sp³-hybridized carbons (Fsp3) is 0.250. The number of benzene rings is 2. The summed E-state index contributed by atoms with van der Waals surface area (Å²) < 4.78 is 84.4. The van der Waals surface area contributed by atoms with Crippen LogP contribution in [0.1, 0.15) is 22.3 Å². The molecule has 2 rings (SSSR count). The number of aryl methyl sites for hydroxylation is 2. The molecule has 0 heterocycles. The molecule has 0 N–H and O–H groups in total. The number of rotatable bonds is 0. The molecule has 0 saturated carbocycles. The summed E-state index contributed by atoms with van der Waals surface area (Å²) in [6.07, 6.45) is -8.82. The van der Waals surface area contributed by atoms with Crippen molar-refractivity contribution >= 4 is 0 Å². The first kappa shape index (κ1) is 19.0. The van der Waals surface area contributed by atoms with E-state index in [0.717, 1.165) is 24.3 Å². The van der Waals surface area contributed by atoms with E-state index in [9.17, 15) is 30.7 Å². The molecule has 7 heteroatoms. The molecule has 0 nitrogen and oxygen atoms in total. The van der Waals surface area contributed by atoms with Crippen LogP contribution in [0.3, 0.4) is 0 Å². The third-order valence-corrected chi connectivity index (χ3v) is 2.77. The maximum absolute atomic E-state index is 12.5. The van der Waals surface area contributed by atoms with Crippen molar-refractivity contribution in [2.45, 2.75) is 26.2 Å². The van der Waals surface area contributed by atoms with Crippen LogP contribution in [-0.4, -0.2) is 0 Å². The molecule has 0 unspecified atom stereocenters. The van der Waals surface area contributed by atoms with Crippen LogP contribution in [0.25, 0.3) is 0 Å². The first-order valence-electron chi connectivity index (χ1n) is 6.38. The van der Waals surface area contributed by atoms with Crippen molar-refractivity contribution in [1.82, 2.24) is 0 Å². The second kappa shape index (κ2) is 7.02. The van der Waals surface area contributed by atoms with E-state index in [1.807, 2.05) is 0 Å². The predicted molar refractivity (Wildman–Crippen MR) is 72.3 cm³/mol. The molecule has 0 aliphatic rings. The average Bonchev–Trinajstić information content (AvgIpc) is 2.40. The van der Waals surface area contributed by atoms with Gasteiger partial charge in [0.15, 0.2) is 0 Å². The lowest BCUT2D eigenvalue weighted by Crippen LogP contribution is -2.08. The van der Waals surface area contributed by atoms with Crippen LogP contribution in [0.15, 0.2) is 42.5 Å². The Morgan fingerprint density at radius 3 is 1.65 bits per heavy atom. The third kappa shape index (κ3) is 5.92. The molecular weight excluding hydrogens is 325 g/mol. The van der Waals surface area contributed by atoms with Gasteiger partial charge < -0.3 is 0 Å². The molecule has 0 aromatic heterocycles. The Kier molecular flexibility index (Phi) is 5.80. The van der Waals surface area contributed by atoms with Crippen LogP contribution in [0.5, 0.6) is 0 Å². The first-order valence-corrected chi connectivity index (χ1v) is 6.38. The highest BCUT2D eigenvalue weighted by atomic mass is 19.4. The summed E-state index contributed by atoms with van der Waals surface area (Å²) in [5.41, 5.74) is -0.774. The lowest BCUT2D eigenvalue weighted by atomic mass is 10.1. The molecule has 0 atom stereocenters. The molecule has 0 radical (unpaired) electrons. The largest absolute Gasteiger partial charge is 0.419 e. The van der Waals surface area contributed by atoms with E-state index in [2.05, 4.69) is 0 Å². The van der Waals surface area contributed by atoms with Crippen molar-refractivity contribution in [3.63, 3.8) is 0 Å². The molecule has 126 valence electrons. The summed E-state index contributed by atoms with van der Waals surface area (Å²) in [6.45, 7) is 3.12. The molecule has 23 heavy (non-hydrogen) atoms. The van der Waals surface area contributed by atoms with Gasteiger partial charge in [0, 0.05) is 0 Å². The van der Waals surface area contributed by atoms with Crippen LogP contribution in [0, 0.1) is 19.7 Å². The van der Waals surface area contributed by atoms with Crippen molar-refractivity contribution < 1.29 is 30.7 Å². The van der Waals surface area contributed by atoms with E-state index in [1.165, 1.54) is 19.1 Å². The molecule has 0 spiro atoms. The van der Waals surface area contributed by atoms with Crippen LogP contribution < -0.4 is 0 Å². The minimum absolute atomic E-state index is 0.392. The van der Waals surface area contributed by atoms with Gasteiger partial charge in [-0.05, 0) is 32.0 Å². The van der Waals surface area contributed by atoms with Gasteiger partial charge in [-0.2, -0.15) is 26.3 Å². The van der Waals surface area contributed by atoms with Gasteiger partial charge in [0.25, 0.3) is 0 Å². The van der Waals surface area contributed by atoms with E-state index < -0.39 is 29.3 Å². The fourth-order valence-corrected chi connectivity index (χ4v) is 1.68. The lowest BCUT2D eigenvalue weighted by molar-refractivity contribution is -0.140. The fourth-order valence-electron chi connectivity index (χ4n) is 1.68. The topological polar surface area (TPSA) is 0 Å². The molecule has 0 aliphatic heterocycles. The zero-order valence-corrected chi connectivity index (χ0v) is 12.2. The molecule has 2 aromatic carbocycles. The summed E-state index contributed by atoms with van der Waals surface area (Å²) in [5.74, 6) is -1.23. The molecule has 0 bridgehead atoms. The van der Waals surface area contributed by atoms with Gasteiger partial charge in [-0.25, -0.2) is 4.39 Å². The maximum Gasteiger partial charge on any atom is 0.419 e. The van der Waals surface area contributed by atoms with Gasteiger partial charge in [0.1, 0.15) is 5.82 Å². The first-order chi connectivity index (χ1) is 10.4. The number of halogens is 7. The number of hydrogen-bond acceptors (Lipinski definition) is 0. The highest BCUT2D eigenvalue weighted by molar-refractivity contribution is 5.26. The van der Waals surface area contributed by atoms with Crippen LogP contribution in [0.2, 0.25) is 0 Å². The second-order valence-corrected chi connectivity index (χ2v) is 4.85. The minimum atomic E-state index is -4.60. The van der Waals surface area contributed by atoms with Crippen LogP contribution >= 0.6 is 0 Å². The van der Waals surface area contributed by atoms with Crippen molar-refractivity contribution in [2.24, 2.45) is 0 Å². The number of hydrogen-bond donors (Lipinski definition) is 0. The molecule has 0 amide bonds. The average molecular weight is 338 g/mol. The standard InChI is InChI=1S/C8H6F4.C8H7F3/c1-5-2-3-7(9)6(4-5)8(10,11)12;1-6-3-2-4-7(5-6)8(9,10)11/h2-4H,1H3;2-5H,1H3. The highest BCUT2D eigenvalue weighted by Gasteiger charge is 2.33. The minimum Gasteiger partial charge on any atom is -0.206 e. The Morgan fingerprint density at radius 2 is 1.26 bits per heavy atom. The Morgan fingerprint density at radius 1 is 0.696 bits per heavy atom. The van der Waals surface area contributed by atoms with E-state index >= 15 is 0 Å². The van der Waals surface area contributed by atoms with Gasteiger partial charge >= 0.3 is 12.4 Å². The Hall–Kier alpha value is -2.05. The van der Waals surface area contributed by atoms with Gasteiger partial charge in [-0.15, -0.1) is 0 Å². The summed E-state index contributed by atoms with van der Waals surface area (Å²) in [4.78, 5) is 0. The molecule has 0 aliphatic carbocycles. The summed E-state index contributed by atoms with van der Waals surface area (Å²) in [6, 6.07) is 8.12. The zero-order valence-electron chi connectivity index (χ0n) is 12.2. The molecule has 0 saturated heterocycles. The zero-order chi connectivity index (χ0) is 17.8. The van der Waals surface area contributed by atoms with Crippen molar-refractivity contribution in [1.29, 1.82) is 0 Å². The van der Waals surface area contributed by atoms with Crippen LogP contribution in [0.4, 0.5) is 30.7 Å². The monoisotopic (exact) mass is 338 g/mol. The Balaban J connectivity index is 0.000000231. The van der Waals surface area contributed by atoms with E-state index in [-0.39, 0.29) is 0 Å². The number of alkyl halides is 6. The smallest absolute Gasteiger partial charge is 0.206 e. The van der Waals surface area contributed by atoms with Gasteiger partial charge in [-0.1, -0.05) is 35.4 Å². The quantitative estimate of drug-likeness (QED) is 0.504. The summed E-state index contributed by atoms with van der Waals surface area (Å²) >= 11 is 0. The van der Waals surface area contributed by atoms with Crippen molar-refractivity contribution in [3.05, 3.63) is 70.5 Å². The van der Waals surface area contributed by atoms with E-state index in [4.69, 9.17) is 0 Å². The highest BCUT2D eigenvalue weighted by Crippen LogP contribution is 2.31. The molecule has 2 aromatic rings. The van der Waals surface area contributed by atoms with Gasteiger partial charge in [0.2, 0.25) is 0 Å². The van der Waals surface area contributed by atoms with Crippen LogP contribution in [-0.2, 0) is 12.4 Å². The Bertz CT molecular complexity index is 654. The van der Waals surface area contributed by atoms with Gasteiger partial charge in [0.05, 0.1) is 11.1 Å². The summed E-state index contributed by atoms with van der Waals surface area (Å²) in [5, 5.41) is 0. The molecule has 0 fully saturated rings. The van der Waals surface area contributed by atoms with E-state index in [1.54, 1.807) is 13.0 Å². The predicted octanol–water partition coefficient (Wildman–Crippen LogP) is 6.17. The SMILES string of the molecule is Cc1ccc(F)c(C(F)(F)F)c1.Cc1cccc(C(F)(F)F)c1. The van der Waals surface area contributed by atoms with Crippen molar-refractivity contribution in [2.75, 3.05) is 0 Å². The summed E-state index contributed by atoms with van der Waals surface area (Å²) in [7, 11) is 0. The molecular formula is C16H13F7. The maximum atomic E-state index is 12.5. The Labute approximate surface area is 128 Å². The normalized spacial score (nSPS) is 11.7. The third-order valence-electron chi connectivity index (χ3n) is 2.77. The second-order valence-electron chi connectivity index (χ2n) is 4.85. The van der Waals surface area contributed by atoms with E-state index in [0.29, 0.717) is 11.1 Å². The lowest BCUT2D eigenvalue weighted by Gasteiger charge is -2.07. The van der Waals surface area contributed by atoms with Crippen molar-refractivity contribution in [3.8, 4) is 0 Å².